The molecule has 2 saturated carbocycles. The zero-order chi connectivity index (χ0) is 18.8. The van der Waals surface area contributed by atoms with Gasteiger partial charge in [0.05, 0.1) is 6.10 Å². The van der Waals surface area contributed by atoms with Gasteiger partial charge < -0.3 is 15.3 Å². The SMILES string of the molecule is Cc1ccc(O)c2c1CC[C@@H]1[C@H]2[C@@H](O)C[C@]2(C)C(C(=O)CO)[C@H](C)C[C@@H]12. The van der Waals surface area contributed by atoms with Gasteiger partial charge in [0.1, 0.15) is 12.4 Å². The number of fused-ring (bicyclic) bond motifs is 5. The van der Waals surface area contributed by atoms with Gasteiger partial charge in [0.25, 0.3) is 0 Å². The number of benzene rings is 1. The Morgan fingerprint density at radius 3 is 2.77 bits per heavy atom. The minimum Gasteiger partial charge on any atom is -0.508 e. The fourth-order valence-electron chi connectivity index (χ4n) is 7.09. The summed E-state index contributed by atoms with van der Waals surface area (Å²) in [4.78, 5) is 12.5. The van der Waals surface area contributed by atoms with Gasteiger partial charge in [0.2, 0.25) is 0 Å². The number of aliphatic hydroxyl groups excluding tert-OH is 2. The van der Waals surface area contributed by atoms with E-state index in [0.29, 0.717) is 18.1 Å². The molecular weight excluding hydrogens is 328 g/mol. The molecular formula is C22H30O4. The molecule has 0 radical (unpaired) electrons. The Bertz CT molecular complexity index is 742. The minimum atomic E-state index is -0.563. The summed E-state index contributed by atoms with van der Waals surface area (Å²) in [6.07, 6.45) is 2.87. The maximum absolute atomic E-state index is 12.5. The van der Waals surface area contributed by atoms with E-state index in [0.717, 1.165) is 24.8 Å². The molecule has 0 heterocycles. The highest BCUT2D eigenvalue weighted by Gasteiger charge is 2.61. The molecule has 4 nitrogen and oxygen atoms in total. The second-order valence-corrected chi connectivity index (χ2v) is 9.22. The van der Waals surface area contributed by atoms with Crippen molar-refractivity contribution in [3.63, 3.8) is 0 Å². The molecule has 3 aliphatic rings. The summed E-state index contributed by atoms with van der Waals surface area (Å²) in [7, 11) is 0. The lowest BCUT2D eigenvalue weighted by Crippen LogP contribution is -2.50. The quantitative estimate of drug-likeness (QED) is 0.760. The van der Waals surface area contributed by atoms with Crippen LogP contribution in [-0.2, 0) is 11.2 Å². The third-order valence-electron chi connectivity index (χ3n) is 7.93. The highest BCUT2D eigenvalue weighted by Crippen LogP contribution is 2.65. The summed E-state index contributed by atoms with van der Waals surface area (Å²) in [5, 5.41) is 31.2. The topological polar surface area (TPSA) is 77.8 Å². The molecule has 4 heteroatoms. The van der Waals surface area contributed by atoms with Gasteiger partial charge in [-0.05, 0) is 73.0 Å². The third-order valence-corrected chi connectivity index (χ3v) is 7.93. The number of carbonyl (C=O) groups excluding carboxylic acids is 1. The van der Waals surface area contributed by atoms with E-state index < -0.39 is 12.7 Å². The van der Waals surface area contributed by atoms with Crippen LogP contribution in [0.25, 0.3) is 0 Å². The number of phenols is 1. The Balaban J connectivity index is 1.78. The zero-order valence-corrected chi connectivity index (χ0v) is 15.9. The Morgan fingerprint density at radius 2 is 2.08 bits per heavy atom. The molecule has 0 bridgehead atoms. The van der Waals surface area contributed by atoms with Crippen LogP contribution in [0.5, 0.6) is 5.75 Å². The average Bonchev–Trinajstić information content (AvgIpc) is 2.87. The number of rotatable bonds is 2. The first-order valence-corrected chi connectivity index (χ1v) is 9.92. The summed E-state index contributed by atoms with van der Waals surface area (Å²) in [6, 6.07) is 3.72. The van der Waals surface area contributed by atoms with Gasteiger partial charge in [-0.15, -0.1) is 0 Å². The largest absolute Gasteiger partial charge is 0.508 e. The number of carbonyl (C=O) groups is 1. The van der Waals surface area contributed by atoms with Crippen LogP contribution in [0.1, 0.15) is 55.7 Å². The molecule has 2 fully saturated rings. The van der Waals surface area contributed by atoms with Crippen LogP contribution in [-0.4, -0.2) is 33.8 Å². The first kappa shape index (κ1) is 18.0. The lowest BCUT2D eigenvalue weighted by Gasteiger charge is -2.53. The molecule has 4 rings (SSSR count). The van der Waals surface area contributed by atoms with E-state index in [2.05, 4.69) is 20.8 Å². The van der Waals surface area contributed by atoms with Crippen LogP contribution in [0, 0.1) is 36.0 Å². The molecule has 142 valence electrons. The number of hydrogen-bond donors (Lipinski definition) is 3. The van der Waals surface area contributed by atoms with E-state index in [4.69, 9.17) is 0 Å². The summed E-state index contributed by atoms with van der Waals surface area (Å²) in [5.74, 6) is 0.845. The van der Waals surface area contributed by atoms with Crippen LogP contribution >= 0.6 is 0 Å². The van der Waals surface area contributed by atoms with E-state index >= 15 is 0 Å². The lowest BCUT2D eigenvalue weighted by atomic mass is 9.52. The smallest absolute Gasteiger partial charge is 0.162 e. The molecule has 0 spiro atoms. The van der Waals surface area contributed by atoms with Crippen LogP contribution in [0.2, 0.25) is 0 Å². The molecule has 7 atom stereocenters. The maximum Gasteiger partial charge on any atom is 0.162 e. The number of aliphatic hydroxyl groups is 2. The van der Waals surface area contributed by atoms with Crippen molar-refractivity contribution in [1.29, 1.82) is 0 Å². The van der Waals surface area contributed by atoms with Crippen molar-refractivity contribution in [1.82, 2.24) is 0 Å². The van der Waals surface area contributed by atoms with Crippen LogP contribution < -0.4 is 0 Å². The van der Waals surface area contributed by atoms with E-state index in [1.807, 2.05) is 6.07 Å². The molecule has 3 N–H and O–H groups in total. The predicted octanol–water partition coefficient (Wildman–Crippen LogP) is 2.95. The average molecular weight is 358 g/mol. The first-order valence-electron chi connectivity index (χ1n) is 9.92. The van der Waals surface area contributed by atoms with Crippen LogP contribution in [0.4, 0.5) is 0 Å². The standard InChI is InChI=1S/C22H30O4/c1-11-4-7-16(24)19-13(11)5-6-14-15-8-12(2)21(18(26)10-23)22(15,3)9-17(25)20(14)19/h4,7,12,14-15,17,20-21,23-25H,5-6,8-10H2,1-3H3/t12-,14+,15+,17+,20+,21?,22+/m1/s1. The highest BCUT2D eigenvalue weighted by atomic mass is 16.3. The Kier molecular flexibility index (Phi) is 4.20. The van der Waals surface area contributed by atoms with E-state index in [9.17, 15) is 20.1 Å². The van der Waals surface area contributed by atoms with E-state index in [1.165, 1.54) is 11.1 Å². The van der Waals surface area contributed by atoms with Gasteiger partial charge in [-0.3, -0.25) is 4.79 Å². The number of phenolic OH excluding ortho intramolecular Hbond substituents is 1. The van der Waals surface area contributed by atoms with E-state index in [-0.39, 0.29) is 34.9 Å². The first-order chi connectivity index (χ1) is 12.3. The molecule has 0 aromatic heterocycles. The van der Waals surface area contributed by atoms with Gasteiger partial charge >= 0.3 is 0 Å². The van der Waals surface area contributed by atoms with Gasteiger partial charge in [-0.2, -0.15) is 0 Å². The molecule has 0 amide bonds. The van der Waals surface area contributed by atoms with E-state index in [1.54, 1.807) is 6.07 Å². The van der Waals surface area contributed by atoms with Crippen molar-refractivity contribution in [2.24, 2.45) is 29.1 Å². The van der Waals surface area contributed by atoms with Gasteiger partial charge in [0.15, 0.2) is 5.78 Å². The monoisotopic (exact) mass is 358 g/mol. The fraction of sp³-hybridized carbons (Fsp3) is 0.682. The summed E-state index contributed by atoms with van der Waals surface area (Å²) >= 11 is 0. The maximum atomic E-state index is 12.5. The Morgan fingerprint density at radius 1 is 1.35 bits per heavy atom. The Hall–Kier alpha value is -1.39. The second-order valence-electron chi connectivity index (χ2n) is 9.22. The molecule has 0 aliphatic heterocycles. The number of ketones is 1. The Labute approximate surface area is 155 Å². The van der Waals surface area contributed by atoms with Crippen LogP contribution in [0.15, 0.2) is 12.1 Å². The number of Topliss-reactive ketones (excluding diaryl/α,β-unsaturated/α-hetero) is 1. The molecule has 26 heavy (non-hydrogen) atoms. The molecule has 1 aromatic rings. The van der Waals surface area contributed by atoms with Crippen molar-refractivity contribution >= 4 is 5.78 Å². The van der Waals surface area contributed by atoms with Crippen LogP contribution in [0.3, 0.4) is 0 Å². The number of aryl methyl sites for hydroxylation is 1. The lowest BCUT2D eigenvalue weighted by molar-refractivity contribution is -0.134. The predicted molar refractivity (Wildman–Crippen MR) is 99.0 cm³/mol. The van der Waals surface area contributed by atoms with Gasteiger partial charge in [0, 0.05) is 17.4 Å². The molecule has 1 unspecified atom stereocenters. The van der Waals surface area contributed by atoms with Gasteiger partial charge in [-0.25, -0.2) is 0 Å². The van der Waals surface area contributed by atoms with Crippen molar-refractivity contribution < 1.29 is 20.1 Å². The normalized spacial score (nSPS) is 41.3. The summed E-state index contributed by atoms with van der Waals surface area (Å²) < 4.78 is 0. The molecule has 3 aliphatic carbocycles. The zero-order valence-electron chi connectivity index (χ0n) is 15.9. The van der Waals surface area contributed by atoms with Crippen molar-refractivity contribution in [3.05, 3.63) is 28.8 Å². The second kappa shape index (κ2) is 6.07. The van der Waals surface area contributed by atoms with Crippen molar-refractivity contribution in [2.75, 3.05) is 6.61 Å². The number of hydrogen-bond acceptors (Lipinski definition) is 4. The fourth-order valence-corrected chi connectivity index (χ4v) is 7.09. The molecule has 1 aromatic carbocycles. The summed E-state index contributed by atoms with van der Waals surface area (Å²) in [5.41, 5.74) is 3.06. The number of aromatic hydroxyl groups is 1. The van der Waals surface area contributed by atoms with Crippen molar-refractivity contribution in [3.8, 4) is 5.75 Å². The highest BCUT2D eigenvalue weighted by molar-refractivity contribution is 5.83. The van der Waals surface area contributed by atoms with Gasteiger partial charge in [-0.1, -0.05) is 19.9 Å². The third kappa shape index (κ3) is 2.31. The summed E-state index contributed by atoms with van der Waals surface area (Å²) in [6.45, 7) is 5.92. The van der Waals surface area contributed by atoms with Crippen molar-refractivity contribution in [2.45, 2.75) is 58.5 Å². The minimum absolute atomic E-state index is 0.0492. The molecule has 0 saturated heterocycles.